The molecule has 0 aliphatic rings. The van der Waals surface area contributed by atoms with Crippen LogP contribution < -0.4 is 24.5 Å². The number of hydrogen-bond donors (Lipinski definition) is 1. The third-order valence-electron chi connectivity index (χ3n) is 4.21. The van der Waals surface area contributed by atoms with Crippen LogP contribution in [0.15, 0.2) is 41.2 Å². The summed E-state index contributed by atoms with van der Waals surface area (Å²) in [5.74, 6) is 2.66. The molecule has 0 bridgehead atoms. The molecule has 0 saturated heterocycles. The quantitative estimate of drug-likeness (QED) is 0.669. The van der Waals surface area contributed by atoms with Gasteiger partial charge in [0.25, 0.3) is 5.56 Å². The Labute approximate surface area is 162 Å². The van der Waals surface area contributed by atoms with Gasteiger partial charge in [-0.1, -0.05) is 0 Å². The van der Waals surface area contributed by atoms with E-state index in [9.17, 15) is 4.79 Å². The highest BCUT2D eigenvalue weighted by atomic mass is 16.5. The van der Waals surface area contributed by atoms with Gasteiger partial charge in [-0.3, -0.25) is 4.79 Å². The molecule has 0 spiro atoms. The first kappa shape index (κ1) is 19.2. The maximum absolute atomic E-state index is 12.3. The van der Waals surface area contributed by atoms with Gasteiger partial charge in [0, 0.05) is 12.0 Å². The largest absolute Gasteiger partial charge is 0.497 e. The van der Waals surface area contributed by atoms with E-state index in [0.717, 1.165) is 16.9 Å². The normalized spacial score (nSPS) is 10.4. The highest BCUT2D eigenvalue weighted by molar-refractivity contribution is 5.56. The number of H-pyrrole nitrogens is 1. The Morgan fingerprint density at radius 2 is 1.54 bits per heavy atom. The van der Waals surface area contributed by atoms with Gasteiger partial charge in [0.15, 0.2) is 17.3 Å². The van der Waals surface area contributed by atoms with Crippen molar-refractivity contribution in [2.24, 2.45) is 0 Å². The standard InChI is InChI=1S/C20H21N3O5/c1-25-14-7-5-13(6-8-14)19-21-15(20(24)23-22-19)9-12-10-16(26-2)18(28-4)17(11-12)27-3/h5-8,10-11H,9H2,1-4H3,(H,23,24). The second kappa shape index (κ2) is 8.43. The SMILES string of the molecule is COc1ccc(-c2n[nH]c(=O)c(Cc3cc(OC)c(OC)c(OC)c3)n2)cc1. The van der Waals surface area contributed by atoms with Gasteiger partial charge in [0.05, 0.1) is 28.4 Å². The van der Waals surface area contributed by atoms with Crippen LogP contribution in [0.5, 0.6) is 23.0 Å². The molecule has 8 nitrogen and oxygen atoms in total. The van der Waals surface area contributed by atoms with Crippen molar-refractivity contribution in [3.8, 4) is 34.4 Å². The summed E-state index contributed by atoms with van der Waals surface area (Å²) in [4.78, 5) is 16.7. The van der Waals surface area contributed by atoms with Gasteiger partial charge in [0.2, 0.25) is 5.75 Å². The highest BCUT2D eigenvalue weighted by Crippen LogP contribution is 2.38. The topological polar surface area (TPSA) is 95.6 Å². The minimum Gasteiger partial charge on any atom is -0.497 e. The Bertz CT molecular complexity index is 990. The van der Waals surface area contributed by atoms with Crippen LogP contribution in [0.1, 0.15) is 11.3 Å². The van der Waals surface area contributed by atoms with Crippen molar-refractivity contribution in [1.82, 2.24) is 15.2 Å². The fourth-order valence-corrected chi connectivity index (χ4v) is 2.79. The molecule has 0 radical (unpaired) electrons. The first-order valence-electron chi connectivity index (χ1n) is 8.48. The summed E-state index contributed by atoms with van der Waals surface area (Å²) in [6, 6.07) is 10.8. The minimum absolute atomic E-state index is 0.276. The summed E-state index contributed by atoms with van der Waals surface area (Å²) >= 11 is 0. The van der Waals surface area contributed by atoms with Crippen LogP contribution in [-0.2, 0) is 6.42 Å². The molecule has 2 aromatic carbocycles. The van der Waals surface area contributed by atoms with Crippen LogP contribution in [0.4, 0.5) is 0 Å². The highest BCUT2D eigenvalue weighted by Gasteiger charge is 2.15. The Morgan fingerprint density at radius 1 is 0.893 bits per heavy atom. The fraction of sp³-hybridized carbons (Fsp3) is 0.250. The van der Waals surface area contributed by atoms with E-state index in [1.165, 1.54) is 7.11 Å². The lowest BCUT2D eigenvalue weighted by atomic mass is 10.1. The van der Waals surface area contributed by atoms with E-state index in [4.69, 9.17) is 18.9 Å². The van der Waals surface area contributed by atoms with E-state index in [-0.39, 0.29) is 12.0 Å². The van der Waals surface area contributed by atoms with Crippen molar-refractivity contribution in [2.45, 2.75) is 6.42 Å². The lowest BCUT2D eigenvalue weighted by Crippen LogP contribution is -2.18. The number of ether oxygens (including phenoxy) is 4. The zero-order valence-corrected chi connectivity index (χ0v) is 16.1. The van der Waals surface area contributed by atoms with Crippen molar-refractivity contribution >= 4 is 0 Å². The van der Waals surface area contributed by atoms with E-state index >= 15 is 0 Å². The van der Waals surface area contributed by atoms with Gasteiger partial charge in [-0.15, -0.1) is 0 Å². The second-order valence-electron chi connectivity index (χ2n) is 5.87. The Kier molecular flexibility index (Phi) is 5.78. The molecule has 0 aliphatic heterocycles. The minimum atomic E-state index is -0.356. The summed E-state index contributed by atoms with van der Waals surface area (Å²) in [5, 5.41) is 6.55. The molecule has 8 heteroatoms. The van der Waals surface area contributed by atoms with E-state index in [2.05, 4.69) is 15.2 Å². The summed E-state index contributed by atoms with van der Waals surface area (Å²) in [6.07, 6.45) is 0.276. The number of aromatic amines is 1. The van der Waals surface area contributed by atoms with Gasteiger partial charge in [-0.25, -0.2) is 10.1 Å². The number of aromatic nitrogens is 3. The molecule has 0 unspecified atom stereocenters. The maximum Gasteiger partial charge on any atom is 0.286 e. The van der Waals surface area contributed by atoms with Gasteiger partial charge >= 0.3 is 0 Å². The van der Waals surface area contributed by atoms with Gasteiger partial charge in [0.1, 0.15) is 11.4 Å². The molecule has 0 saturated carbocycles. The molecule has 0 atom stereocenters. The zero-order valence-electron chi connectivity index (χ0n) is 16.1. The zero-order chi connectivity index (χ0) is 20.1. The number of nitrogens with one attached hydrogen (secondary N) is 1. The molecule has 146 valence electrons. The van der Waals surface area contributed by atoms with E-state index in [0.29, 0.717) is 28.8 Å². The number of hydrogen-bond acceptors (Lipinski definition) is 7. The average molecular weight is 383 g/mol. The van der Waals surface area contributed by atoms with Crippen LogP contribution in [0.3, 0.4) is 0 Å². The summed E-state index contributed by atoms with van der Waals surface area (Å²) < 4.78 is 21.2. The van der Waals surface area contributed by atoms with E-state index in [1.54, 1.807) is 33.5 Å². The van der Waals surface area contributed by atoms with Crippen LogP contribution in [-0.4, -0.2) is 43.6 Å². The van der Waals surface area contributed by atoms with Crippen molar-refractivity contribution in [3.05, 3.63) is 58.0 Å². The summed E-state index contributed by atoms with van der Waals surface area (Å²) in [7, 11) is 6.22. The Balaban J connectivity index is 1.97. The van der Waals surface area contributed by atoms with Crippen LogP contribution in [0, 0.1) is 0 Å². The molecule has 3 aromatic rings. The van der Waals surface area contributed by atoms with Crippen molar-refractivity contribution < 1.29 is 18.9 Å². The average Bonchev–Trinajstić information content (AvgIpc) is 2.74. The van der Waals surface area contributed by atoms with Crippen LogP contribution in [0.25, 0.3) is 11.4 Å². The summed E-state index contributed by atoms with van der Waals surface area (Å²) in [5.41, 5.74) is 1.53. The van der Waals surface area contributed by atoms with Crippen molar-refractivity contribution in [3.63, 3.8) is 0 Å². The van der Waals surface area contributed by atoms with Crippen LogP contribution >= 0.6 is 0 Å². The van der Waals surface area contributed by atoms with Gasteiger partial charge in [-0.2, -0.15) is 5.10 Å². The monoisotopic (exact) mass is 383 g/mol. The number of rotatable bonds is 7. The summed E-state index contributed by atoms with van der Waals surface area (Å²) in [6.45, 7) is 0. The van der Waals surface area contributed by atoms with Gasteiger partial charge in [-0.05, 0) is 42.0 Å². The number of nitrogens with zero attached hydrogens (tertiary/aromatic N) is 2. The first-order valence-corrected chi connectivity index (χ1v) is 8.48. The smallest absolute Gasteiger partial charge is 0.286 e. The molecule has 1 aromatic heterocycles. The molecule has 0 aliphatic carbocycles. The molecular weight excluding hydrogens is 362 g/mol. The fourth-order valence-electron chi connectivity index (χ4n) is 2.79. The molecule has 0 amide bonds. The molecule has 1 heterocycles. The second-order valence-corrected chi connectivity index (χ2v) is 5.87. The molecule has 3 rings (SSSR count). The van der Waals surface area contributed by atoms with E-state index in [1.807, 2.05) is 24.3 Å². The first-order chi connectivity index (χ1) is 13.6. The predicted octanol–water partition coefficient (Wildman–Crippen LogP) is 2.46. The number of benzene rings is 2. The number of methoxy groups -OCH3 is 4. The lowest BCUT2D eigenvalue weighted by Gasteiger charge is -2.14. The third kappa shape index (κ3) is 3.90. The molecular formula is C20H21N3O5. The Hall–Kier alpha value is -3.55. The maximum atomic E-state index is 12.3. The lowest BCUT2D eigenvalue weighted by molar-refractivity contribution is 0.324. The molecule has 1 N–H and O–H groups in total. The van der Waals surface area contributed by atoms with Crippen molar-refractivity contribution in [1.29, 1.82) is 0 Å². The third-order valence-corrected chi connectivity index (χ3v) is 4.21. The molecule has 28 heavy (non-hydrogen) atoms. The van der Waals surface area contributed by atoms with Crippen molar-refractivity contribution in [2.75, 3.05) is 28.4 Å². The van der Waals surface area contributed by atoms with Crippen LogP contribution in [0.2, 0.25) is 0 Å². The predicted molar refractivity (Wildman–Crippen MR) is 104 cm³/mol. The Morgan fingerprint density at radius 3 is 2.07 bits per heavy atom. The van der Waals surface area contributed by atoms with E-state index < -0.39 is 0 Å². The molecule has 0 fully saturated rings. The van der Waals surface area contributed by atoms with Gasteiger partial charge < -0.3 is 18.9 Å².